The standard InChI is InChI=1S/C16H16O2/c1-11-6-14(17)9-15(7-11)18-10-13-8-12-4-2-3-5-16(12)13/h2-7,9,13,17H,8,10H2,1H3. The van der Waals surface area contributed by atoms with Gasteiger partial charge in [0.15, 0.2) is 0 Å². The van der Waals surface area contributed by atoms with Crippen LogP contribution < -0.4 is 4.74 Å². The third-order valence-electron chi connectivity index (χ3n) is 3.45. The van der Waals surface area contributed by atoms with Crippen LogP contribution in [0, 0.1) is 6.92 Å². The first kappa shape index (κ1) is 11.1. The van der Waals surface area contributed by atoms with E-state index in [1.54, 1.807) is 12.1 Å². The van der Waals surface area contributed by atoms with E-state index < -0.39 is 0 Å². The fraction of sp³-hybridized carbons (Fsp3) is 0.250. The zero-order chi connectivity index (χ0) is 12.5. The summed E-state index contributed by atoms with van der Waals surface area (Å²) in [7, 11) is 0. The van der Waals surface area contributed by atoms with Gasteiger partial charge in [-0.1, -0.05) is 24.3 Å². The lowest BCUT2D eigenvalue weighted by Gasteiger charge is -2.29. The van der Waals surface area contributed by atoms with Crippen molar-refractivity contribution < 1.29 is 9.84 Å². The number of hydrogen-bond acceptors (Lipinski definition) is 2. The fourth-order valence-electron chi connectivity index (χ4n) is 2.52. The van der Waals surface area contributed by atoms with Crippen molar-refractivity contribution >= 4 is 0 Å². The normalized spacial score (nSPS) is 16.8. The number of benzene rings is 2. The largest absolute Gasteiger partial charge is 0.508 e. The Kier molecular flexibility index (Phi) is 2.71. The Morgan fingerprint density at radius 3 is 2.83 bits per heavy atom. The van der Waals surface area contributed by atoms with Crippen molar-refractivity contribution in [3.05, 3.63) is 59.2 Å². The lowest BCUT2D eigenvalue weighted by atomic mass is 9.78. The van der Waals surface area contributed by atoms with Crippen LogP contribution in [-0.4, -0.2) is 11.7 Å². The van der Waals surface area contributed by atoms with E-state index >= 15 is 0 Å². The maximum atomic E-state index is 9.51. The van der Waals surface area contributed by atoms with Crippen LogP contribution in [0.2, 0.25) is 0 Å². The van der Waals surface area contributed by atoms with Crippen molar-refractivity contribution in [2.45, 2.75) is 19.3 Å². The lowest BCUT2D eigenvalue weighted by molar-refractivity contribution is 0.274. The molecule has 0 spiro atoms. The zero-order valence-corrected chi connectivity index (χ0v) is 10.4. The van der Waals surface area contributed by atoms with Gasteiger partial charge in [-0.2, -0.15) is 0 Å². The van der Waals surface area contributed by atoms with E-state index in [9.17, 15) is 5.11 Å². The smallest absolute Gasteiger partial charge is 0.123 e. The first-order valence-electron chi connectivity index (χ1n) is 6.23. The SMILES string of the molecule is Cc1cc(O)cc(OCC2Cc3ccccc32)c1. The van der Waals surface area contributed by atoms with Gasteiger partial charge in [0.25, 0.3) is 0 Å². The summed E-state index contributed by atoms with van der Waals surface area (Å²) >= 11 is 0. The Morgan fingerprint density at radius 2 is 2.06 bits per heavy atom. The molecule has 2 aromatic carbocycles. The van der Waals surface area contributed by atoms with Gasteiger partial charge in [0, 0.05) is 12.0 Å². The number of aromatic hydroxyl groups is 1. The molecule has 0 bridgehead atoms. The predicted octanol–water partition coefficient (Wildman–Crippen LogP) is 3.42. The fourth-order valence-corrected chi connectivity index (χ4v) is 2.52. The molecule has 2 heteroatoms. The second-order valence-corrected chi connectivity index (χ2v) is 4.92. The average molecular weight is 240 g/mol. The average Bonchev–Trinajstić information content (AvgIpc) is 2.29. The Labute approximate surface area is 107 Å². The minimum Gasteiger partial charge on any atom is -0.508 e. The minimum absolute atomic E-state index is 0.263. The first-order chi connectivity index (χ1) is 8.72. The summed E-state index contributed by atoms with van der Waals surface area (Å²) in [5.41, 5.74) is 3.84. The third kappa shape index (κ3) is 2.06. The predicted molar refractivity (Wildman–Crippen MR) is 71.2 cm³/mol. The van der Waals surface area contributed by atoms with E-state index in [4.69, 9.17) is 4.74 Å². The van der Waals surface area contributed by atoms with Gasteiger partial charge in [-0.3, -0.25) is 0 Å². The van der Waals surface area contributed by atoms with E-state index in [2.05, 4.69) is 24.3 Å². The summed E-state index contributed by atoms with van der Waals surface area (Å²) in [6, 6.07) is 13.8. The van der Waals surface area contributed by atoms with Crippen molar-refractivity contribution in [2.75, 3.05) is 6.61 Å². The molecule has 1 unspecified atom stereocenters. The van der Waals surface area contributed by atoms with Crippen molar-refractivity contribution in [2.24, 2.45) is 0 Å². The van der Waals surface area contributed by atoms with Crippen molar-refractivity contribution in [1.82, 2.24) is 0 Å². The molecule has 92 valence electrons. The number of hydrogen-bond donors (Lipinski definition) is 1. The first-order valence-corrected chi connectivity index (χ1v) is 6.23. The molecule has 0 saturated carbocycles. The van der Waals surface area contributed by atoms with Gasteiger partial charge in [-0.25, -0.2) is 0 Å². The molecule has 0 heterocycles. The summed E-state index contributed by atoms with van der Waals surface area (Å²) in [4.78, 5) is 0. The van der Waals surface area contributed by atoms with Crippen LogP contribution in [0.5, 0.6) is 11.5 Å². The number of fused-ring (bicyclic) bond motifs is 1. The molecule has 0 radical (unpaired) electrons. The second-order valence-electron chi connectivity index (χ2n) is 4.92. The highest BCUT2D eigenvalue weighted by Gasteiger charge is 2.25. The topological polar surface area (TPSA) is 29.5 Å². The highest BCUT2D eigenvalue weighted by Crippen LogP contribution is 2.35. The Bertz CT molecular complexity index is 555. The van der Waals surface area contributed by atoms with Crippen LogP contribution in [0.4, 0.5) is 0 Å². The van der Waals surface area contributed by atoms with Gasteiger partial charge in [0.1, 0.15) is 11.5 Å². The molecular formula is C16H16O2. The van der Waals surface area contributed by atoms with E-state index in [-0.39, 0.29) is 5.75 Å². The number of rotatable bonds is 3. The molecule has 0 fully saturated rings. The van der Waals surface area contributed by atoms with Crippen molar-refractivity contribution in [1.29, 1.82) is 0 Å². The van der Waals surface area contributed by atoms with E-state index in [1.807, 2.05) is 13.0 Å². The monoisotopic (exact) mass is 240 g/mol. The maximum absolute atomic E-state index is 9.51. The summed E-state index contributed by atoms with van der Waals surface area (Å²) in [5, 5.41) is 9.51. The highest BCUT2D eigenvalue weighted by atomic mass is 16.5. The molecular weight excluding hydrogens is 224 g/mol. The van der Waals surface area contributed by atoms with Gasteiger partial charge in [-0.15, -0.1) is 0 Å². The molecule has 2 nitrogen and oxygen atoms in total. The molecule has 2 aromatic rings. The van der Waals surface area contributed by atoms with Crippen LogP contribution in [0.15, 0.2) is 42.5 Å². The van der Waals surface area contributed by atoms with E-state index in [1.165, 1.54) is 11.1 Å². The molecule has 3 rings (SSSR count). The van der Waals surface area contributed by atoms with E-state index in [0.717, 1.165) is 17.7 Å². The molecule has 0 amide bonds. The maximum Gasteiger partial charge on any atom is 0.123 e. The number of aryl methyl sites for hydroxylation is 1. The van der Waals surface area contributed by atoms with Gasteiger partial charge < -0.3 is 9.84 Å². The summed E-state index contributed by atoms with van der Waals surface area (Å²) in [6.07, 6.45) is 1.09. The van der Waals surface area contributed by atoms with Gasteiger partial charge in [0.2, 0.25) is 0 Å². The van der Waals surface area contributed by atoms with Crippen LogP contribution in [-0.2, 0) is 6.42 Å². The highest BCUT2D eigenvalue weighted by molar-refractivity contribution is 5.41. The molecule has 1 N–H and O–H groups in total. The molecule has 0 saturated heterocycles. The molecule has 18 heavy (non-hydrogen) atoms. The summed E-state index contributed by atoms with van der Waals surface area (Å²) < 4.78 is 5.77. The Balaban J connectivity index is 1.66. The quantitative estimate of drug-likeness (QED) is 0.890. The van der Waals surface area contributed by atoms with E-state index in [0.29, 0.717) is 12.5 Å². The number of ether oxygens (including phenoxy) is 1. The second kappa shape index (κ2) is 4.37. The number of phenols is 1. The molecule has 1 aliphatic rings. The van der Waals surface area contributed by atoms with Gasteiger partial charge in [-0.05, 0) is 42.2 Å². The summed E-state index contributed by atoms with van der Waals surface area (Å²) in [6.45, 7) is 2.63. The minimum atomic E-state index is 0.263. The lowest BCUT2D eigenvalue weighted by Crippen LogP contribution is -2.23. The molecule has 0 aliphatic heterocycles. The Morgan fingerprint density at radius 1 is 1.22 bits per heavy atom. The summed E-state index contributed by atoms with van der Waals surface area (Å²) in [5.74, 6) is 1.50. The van der Waals surface area contributed by atoms with Crippen LogP contribution in [0.1, 0.15) is 22.6 Å². The van der Waals surface area contributed by atoms with Gasteiger partial charge in [0.05, 0.1) is 6.61 Å². The van der Waals surface area contributed by atoms with Crippen molar-refractivity contribution in [3.8, 4) is 11.5 Å². The van der Waals surface area contributed by atoms with Crippen LogP contribution >= 0.6 is 0 Å². The van der Waals surface area contributed by atoms with Crippen LogP contribution in [0.25, 0.3) is 0 Å². The third-order valence-corrected chi connectivity index (χ3v) is 3.45. The number of phenolic OH excluding ortho intramolecular Hbond substituents is 1. The zero-order valence-electron chi connectivity index (χ0n) is 10.4. The molecule has 1 atom stereocenters. The Hall–Kier alpha value is -1.96. The van der Waals surface area contributed by atoms with Crippen LogP contribution in [0.3, 0.4) is 0 Å². The molecule has 1 aliphatic carbocycles. The van der Waals surface area contributed by atoms with Gasteiger partial charge >= 0.3 is 0 Å². The molecule has 0 aromatic heterocycles. The van der Waals surface area contributed by atoms with Crippen molar-refractivity contribution in [3.63, 3.8) is 0 Å².